The molecule has 0 unspecified atom stereocenters. The Balaban J connectivity index is 2.24. The van der Waals surface area contributed by atoms with Crippen molar-refractivity contribution in [2.24, 2.45) is 0 Å². The molecule has 0 amide bonds. The topological polar surface area (TPSA) is 106 Å². The highest BCUT2D eigenvalue weighted by Gasteiger charge is 2.09. The minimum atomic E-state index is -3.33. The lowest BCUT2D eigenvalue weighted by molar-refractivity contribution is 0.0690. The predicted molar refractivity (Wildman–Crippen MR) is 68.6 cm³/mol. The lowest BCUT2D eigenvalue weighted by Crippen LogP contribution is -2.01. The highest BCUT2D eigenvalue weighted by molar-refractivity contribution is 7.90. The van der Waals surface area contributed by atoms with E-state index in [2.05, 4.69) is 9.97 Å². The van der Waals surface area contributed by atoms with Crippen LogP contribution in [0.5, 0.6) is 11.6 Å². The number of carbonyl (C=O) groups is 1. The first kappa shape index (κ1) is 13.9. The third-order valence-corrected chi connectivity index (χ3v) is 3.41. The number of benzene rings is 1. The molecule has 0 bridgehead atoms. The van der Waals surface area contributed by atoms with E-state index in [1.165, 1.54) is 18.2 Å². The summed E-state index contributed by atoms with van der Waals surface area (Å²) >= 11 is 0. The van der Waals surface area contributed by atoms with Crippen LogP contribution in [0.15, 0.2) is 41.6 Å². The Bertz CT molecular complexity index is 741. The summed E-state index contributed by atoms with van der Waals surface area (Å²) in [4.78, 5) is 18.1. The van der Waals surface area contributed by atoms with Gasteiger partial charge in [-0.15, -0.1) is 0 Å². The molecular weight excluding hydrogens is 284 g/mol. The lowest BCUT2D eigenvalue weighted by Gasteiger charge is -2.05. The van der Waals surface area contributed by atoms with Gasteiger partial charge in [0.05, 0.1) is 17.3 Å². The van der Waals surface area contributed by atoms with Crippen LogP contribution >= 0.6 is 0 Å². The molecular formula is C12H10N2O5S. The van der Waals surface area contributed by atoms with Gasteiger partial charge in [-0.3, -0.25) is 0 Å². The van der Waals surface area contributed by atoms with Crippen molar-refractivity contribution in [2.75, 3.05) is 6.26 Å². The molecule has 0 fully saturated rings. The van der Waals surface area contributed by atoms with Gasteiger partial charge in [-0.05, 0) is 18.2 Å². The zero-order chi connectivity index (χ0) is 14.8. The number of hydrogen-bond acceptors (Lipinski definition) is 6. The minimum Gasteiger partial charge on any atom is -0.476 e. The molecule has 0 atom stereocenters. The van der Waals surface area contributed by atoms with Crippen LogP contribution < -0.4 is 4.74 Å². The van der Waals surface area contributed by atoms with Gasteiger partial charge in [0.1, 0.15) is 5.75 Å². The number of ether oxygens (including phenoxy) is 1. The molecule has 0 saturated heterocycles. The molecule has 2 rings (SSSR count). The quantitative estimate of drug-likeness (QED) is 0.907. The third-order valence-electron chi connectivity index (χ3n) is 2.30. The monoisotopic (exact) mass is 294 g/mol. The molecule has 7 nitrogen and oxygen atoms in total. The lowest BCUT2D eigenvalue weighted by atomic mass is 10.3. The molecule has 20 heavy (non-hydrogen) atoms. The summed E-state index contributed by atoms with van der Waals surface area (Å²) in [5.41, 5.74) is -0.206. The molecule has 0 saturated carbocycles. The van der Waals surface area contributed by atoms with E-state index in [-0.39, 0.29) is 22.2 Å². The summed E-state index contributed by atoms with van der Waals surface area (Å²) in [7, 11) is -3.33. The number of sulfone groups is 1. The summed E-state index contributed by atoms with van der Waals surface area (Å²) in [5, 5.41) is 8.68. The van der Waals surface area contributed by atoms with Crippen molar-refractivity contribution in [3.05, 3.63) is 42.4 Å². The van der Waals surface area contributed by atoms with Crippen LogP contribution in [0.2, 0.25) is 0 Å². The molecule has 0 radical (unpaired) electrons. The molecule has 0 aliphatic carbocycles. The number of aromatic nitrogens is 2. The van der Waals surface area contributed by atoms with Gasteiger partial charge in [-0.2, -0.15) is 0 Å². The number of carboxylic acid groups (broad SMARTS) is 1. The number of hydrogen-bond donors (Lipinski definition) is 1. The highest BCUT2D eigenvalue weighted by Crippen LogP contribution is 2.22. The average molecular weight is 294 g/mol. The van der Waals surface area contributed by atoms with Crippen LogP contribution in [0.4, 0.5) is 0 Å². The summed E-state index contributed by atoms with van der Waals surface area (Å²) < 4.78 is 28.1. The van der Waals surface area contributed by atoms with Crippen molar-refractivity contribution in [3.63, 3.8) is 0 Å². The second-order valence-corrected chi connectivity index (χ2v) is 5.91. The first-order chi connectivity index (χ1) is 9.36. The maximum atomic E-state index is 11.4. The molecule has 1 heterocycles. The van der Waals surface area contributed by atoms with E-state index >= 15 is 0 Å². The Morgan fingerprint density at radius 2 is 2.00 bits per heavy atom. The summed E-state index contributed by atoms with van der Waals surface area (Å²) in [5.74, 6) is -0.853. The van der Waals surface area contributed by atoms with E-state index in [1.807, 2.05) is 0 Å². The van der Waals surface area contributed by atoms with Crippen molar-refractivity contribution in [2.45, 2.75) is 4.90 Å². The van der Waals surface area contributed by atoms with E-state index < -0.39 is 15.8 Å². The van der Waals surface area contributed by atoms with E-state index in [0.717, 1.165) is 18.6 Å². The van der Waals surface area contributed by atoms with Crippen molar-refractivity contribution < 1.29 is 23.1 Å². The standard InChI is InChI=1S/C12H10N2O5S/c1-20(17,18)9-4-2-3-8(5-9)19-11-7-13-10(6-14-11)12(15)16/h2-7H,1H3,(H,15,16). The van der Waals surface area contributed by atoms with Gasteiger partial charge in [0.15, 0.2) is 15.5 Å². The van der Waals surface area contributed by atoms with Gasteiger partial charge >= 0.3 is 5.97 Å². The van der Waals surface area contributed by atoms with E-state index in [0.29, 0.717) is 0 Å². The van der Waals surface area contributed by atoms with Gasteiger partial charge in [0.25, 0.3) is 0 Å². The fourth-order valence-electron chi connectivity index (χ4n) is 1.37. The Morgan fingerprint density at radius 3 is 2.55 bits per heavy atom. The van der Waals surface area contributed by atoms with Gasteiger partial charge < -0.3 is 9.84 Å². The zero-order valence-electron chi connectivity index (χ0n) is 10.3. The van der Waals surface area contributed by atoms with Crippen LogP contribution in [0.1, 0.15) is 10.5 Å². The fourth-order valence-corrected chi connectivity index (χ4v) is 2.02. The van der Waals surface area contributed by atoms with E-state index in [9.17, 15) is 13.2 Å². The Kier molecular flexibility index (Phi) is 3.66. The maximum Gasteiger partial charge on any atom is 0.356 e. The molecule has 1 N–H and O–H groups in total. The van der Waals surface area contributed by atoms with Gasteiger partial charge in [0.2, 0.25) is 5.88 Å². The molecule has 0 spiro atoms. The summed E-state index contributed by atoms with van der Waals surface area (Å²) in [6.45, 7) is 0. The maximum absolute atomic E-state index is 11.4. The molecule has 0 aliphatic rings. The number of nitrogens with zero attached hydrogens (tertiary/aromatic N) is 2. The predicted octanol–water partition coefficient (Wildman–Crippen LogP) is 1.37. The van der Waals surface area contributed by atoms with Crippen LogP contribution in [0.25, 0.3) is 0 Å². The van der Waals surface area contributed by atoms with E-state index in [1.54, 1.807) is 6.07 Å². The Morgan fingerprint density at radius 1 is 1.25 bits per heavy atom. The van der Waals surface area contributed by atoms with Crippen LogP contribution in [-0.2, 0) is 9.84 Å². The van der Waals surface area contributed by atoms with Crippen molar-refractivity contribution in [1.29, 1.82) is 0 Å². The second-order valence-electron chi connectivity index (χ2n) is 3.89. The Labute approximate surface area is 114 Å². The van der Waals surface area contributed by atoms with Crippen LogP contribution in [0, 0.1) is 0 Å². The fraction of sp³-hybridized carbons (Fsp3) is 0.0833. The minimum absolute atomic E-state index is 0.0700. The highest BCUT2D eigenvalue weighted by atomic mass is 32.2. The summed E-state index contributed by atoms with van der Waals surface area (Å²) in [6, 6.07) is 5.88. The molecule has 1 aromatic carbocycles. The number of rotatable bonds is 4. The van der Waals surface area contributed by atoms with Crippen molar-refractivity contribution in [3.8, 4) is 11.6 Å². The molecule has 1 aromatic heterocycles. The van der Waals surface area contributed by atoms with Crippen LogP contribution in [-0.4, -0.2) is 35.7 Å². The number of aromatic carboxylic acids is 1. The SMILES string of the molecule is CS(=O)(=O)c1cccc(Oc2cnc(C(=O)O)cn2)c1. The smallest absolute Gasteiger partial charge is 0.356 e. The van der Waals surface area contributed by atoms with E-state index in [4.69, 9.17) is 9.84 Å². The largest absolute Gasteiger partial charge is 0.476 e. The number of carboxylic acids is 1. The summed E-state index contributed by atoms with van der Waals surface area (Å²) in [6.07, 6.45) is 3.29. The molecule has 8 heteroatoms. The first-order valence-corrected chi connectivity index (χ1v) is 7.29. The zero-order valence-corrected chi connectivity index (χ0v) is 11.2. The molecule has 2 aromatic rings. The first-order valence-electron chi connectivity index (χ1n) is 5.39. The normalized spacial score (nSPS) is 11.1. The van der Waals surface area contributed by atoms with Crippen molar-refractivity contribution in [1.82, 2.24) is 9.97 Å². The van der Waals surface area contributed by atoms with Crippen molar-refractivity contribution >= 4 is 15.8 Å². The third kappa shape index (κ3) is 3.29. The second kappa shape index (κ2) is 5.25. The molecule has 104 valence electrons. The van der Waals surface area contributed by atoms with Crippen LogP contribution in [0.3, 0.4) is 0 Å². The average Bonchev–Trinajstić information content (AvgIpc) is 2.38. The molecule has 0 aliphatic heterocycles. The van der Waals surface area contributed by atoms with Gasteiger partial charge in [-0.25, -0.2) is 23.2 Å². The van der Waals surface area contributed by atoms with Gasteiger partial charge in [-0.1, -0.05) is 6.07 Å². The Hall–Kier alpha value is -2.48. The van der Waals surface area contributed by atoms with Gasteiger partial charge in [0, 0.05) is 6.26 Å².